The number of hydrazine groups is 1. The largest absolute Gasteiger partial charge is 0.337 e. The van der Waals surface area contributed by atoms with Gasteiger partial charge in [0.15, 0.2) is 5.69 Å². The molecule has 2 N–H and O–H groups in total. The van der Waals surface area contributed by atoms with E-state index in [9.17, 15) is 9.59 Å². The van der Waals surface area contributed by atoms with E-state index in [1.807, 2.05) is 26.6 Å². The number of carbonyl (C=O) groups is 2. The van der Waals surface area contributed by atoms with Gasteiger partial charge in [0.25, 0.3) is 5.91 Å². The maximum Gasteiger partial charge on any atom is 0.274 e. The van der Waals surface area contributed by atoms with Gasteiger partial charge in [0.1, 0.15) is 6.04 Å². The van der Waals surface area contributed by atoms with Crippen LogP contribution in [0.5, 0.6) is 0 Å². The molecule has 3 aliphatic rings. The molecule has 0 aliphatic carbocycles. The van der Waals surface area contributed by atoms with Gasteiger partial charge in [-0.15, -0.1) is 0 Å². The third-order valence-electron chi connectivity index (χ3n) is 7.27. The second kappa shape index (κ2) is 9.52. The van der Waals surface area contributed by atoms with Gasteiger partial charge in [0.05, 0.1) is 6.54 Å². The van der Waals surface area contributed by atoms with E-state index in [0.29, 0.717) is 38.2 Å². The summed E-state index contributed by atoms with van der Waals surface area (Å²) in [5.74, 6) is 0.0574. The molecular formula is C25H29N7O2S. The van der Waals surface area contributed by atoms with Crippen molar-refractivity contribution in [3.63, 3.8) is 0 Å². The van der Waals surface area contributed by atoms with E-state index in [2.05, 4.69) is 32.7 Å². The fourth-order valence-corrected chi connectivity index (χ4v) is 6.06. The standard InChI is InChI=1S/C25H29N7O2S/c33-24(21-13-20(27-28-21)18-6-12-35-16-18)31-11-5-22-19(15-31)23(25(34)30-9-1-2-10-30)29-32(22)14-17-3-7-26-8-4-17/h3-4,6-8,12,16,20-21,27-28H,1-2,5,9-11,13-15H2. The molecule has 6 heterocycles. The molecule has 35 heavy (non-hydrogen) atoms. The smallest absolute Gasteiger partial charge is 0.274 e. The molecule has 0 radical (unpaired) electrons. The number of likely N-dealkylation sites (tertiary alicyclic amines) is 1. The van der Waals surface area contributed by atoms with Gasteiger partial charge < -0.3 is 9.80 Å². The molecule has 3 aromatic rings. The molecule has 0 bridgehead atoms. The molecule has 9 nitrogen and oxygen atoms in total. The van der Waals surface area contributed by atoms with Crippen LogP contribution in [0.15, 0.2) is 41.4 Å². The maximum absolute atomic E-state index is 13.5. The predicted molar refractivity (Wildman–Crippen MR) is 132 cm³/mol. The average molecular weight is 492 g/mol. The minimum absolute atomic E-state index is 0.0142. The zero-order valence-electron chi connectivity index (χ0n) is 19.5. The highest BCUT2D eigenvalue weighted by atomic mass is 32.1. The lowest BCUT2D eigenvalue weighted by atomic mass is 10.0. The van der Waals surface area contributed by atoms with Crippen LogP contribution in [0, 0.1) is 0 Å². The van der Waals surface area contributed by atoms with Crippen LogP contribution in [0.1, 0.15) is 58.2 Å². The molecule has 0 aromatic carbocycles. The summed E-state index contributed by atoms with van der Waals surface area (Å²) in [6, 6.07) is 5.88. The van der Waals surface area contributed by atoms with Crippen molar-refractivity contribution in [3.05, 3.63) is 69.4 Å². The quantitative estimate of drug-likeness (QED) is 0.568. The number of rotatable bonds is 5. The number of nitrogens with one attached hydrogen (secondary N) is 2. The van der Waals surface area contributed by atoms with Crippen molar-refractivity contribution < 1.29 is 9.59 Å². The Balaban J connectivity index is 1.24. The number of aromatic nitrogens is 3. The predicted octanol–water partition coefficient (Wildman–Crippen LogP) is 2.12. The van der Waals surface area contributed by atoms with Crippen LogP contribution in [0.3, 0.4) is 0 Å². The second-order valence-electron chi connectivity index (χ2n) is 9.48. The zero-order chi connectivity index (χ0) is 23.8. The maximum atomic E-state index is 13.5. The topological polar surface area (TPSA) is 95.4 Å². The van der Waals surface area contributed by atoms with Gasteiger partial charge in [-0.1, -0.05) is 0 Å². The van der Waals surface area contributed by atoms with E-state index in [1.54, 1.807) is 23.7 Å². The summed E-state index contributed by atoms with van der Waals surface area (Å²) in [5, 5.41) is 8.98. The number of thiophene rings is 1. The van der Waals surface area contributed by atoms with Gasteiger partial charge in [0.2, 0.25) is 5.91 Å². The van der Waals surface area contributed by atoms with Crippen molar-refractivity contribution in [2.75, 3.05) is 19.6 Å². The van der Waals surface area contributed by atoms with Gasteiger partial charge in [0, 0.05) is 62.3 Å². The Labute approximate surface area is 208 Å². The lowest BCUT2D eigenvalue weighted by Gasteiger charge is -2.30. The molecule has 0 spiro atoms. The van der Waals surface area contributed by atoms with Crippen molar-refractivity contribution in [1.82, 2.24) is 35.4 Å². The molecule has 3 aliphatic heterocycles. The Kier molecular flexibility index (Phi) is 6.09. The molecule has 2 atom stereocenters. The van der Waals surface area contributed by atoms with Crippen molar-refractivity contribution in [2.24, 2.45) is 0 Å². The lowest BCUT2D eigenvalue weighted by molar-refractivity contribution is -0.134. The molecular weight excluding hydrogens is 462 g/mol. The van der Waals surface area contributed by atoms with Gasteiger partial charge in [-0.05, 0) is 59.3 Å². The van der Waals surface area contributed by atoms with E-state index in [0.717, 1.165) is 42.8 Å². The Morgan fingerprint density at radius 2 is 1.89 bits per heavy atom. The van der Waals surface area contributed by atoms with Crippen molar-refractivity contribution in [2.45, 2.75) is 50.9 Å². The third-order valence-corrected chi connectivity index (χ3v) is 7.97. The number of hydrogen-bond donors (Lipinski definition) is 2. The summed E-state index contributed by atoms with van der Waals surface area (Å²) in [7, 11) is 0. The number of nitrogens with zero attached hydrogens (tertiary/aromatic N) is 5. The van der Waals surface area contributed by atoms with E-state index >= 15 is 0 Å². The molecule has 2 saturated heterocycles. The van der Waals surface area contributed by atoms with Gasteiger partial charge in [-0.25, -0.2) is 10.9 Å². The molecule has 2 amide bonds. The minimum Gasteiger partial charge on any atom is -0.337 e. The van der Waals surface area contributed by atoms with Crippen LogP contribution in [-0.2, 0) is 24.3 Å². The molecule has 2 unspecified atom stereocenters. The number of amides is 2. The fraction of sp³-hybridized carbons (Fsp3) is 0.440. The summed E-state index contributed by atoms with van der Waals surface area (Å²) in [6.07, 6.45) is 6.99. The second-order valence-corrected chi connectivity index (χ2v) is 10.3. The number of pyridine rings is 1. The van der Waals surface area contributed by atoms with E-state index < -0.39 is 0 Å². The van der Waals surface area contributed by atoms with Crippen molar-refractivity contribution in [3.8, 4) is 0 Å². The summed E-state index contributed by atoms with van der Waals surface area (Å²) in [6.45, 7) is 3.17. The van der Waals surface area contributed by atoms with Crippen LogP contribution in [0.4, 0.5) is 0 Å². The first-order valence-corrected chi connectivity index (χ1v) is 13.2. The Hall–Kier alpha value is -3.08. The highest BCUT2D eigenvalue weighted by Gasteiger charge is 2.37. The molecule has 2 fully saturated rings. The highest BCUT2D eigenvalue weighted by molar-refractivity contribution is 7.08. The Bertz CT molecular complexity index is 1200. The van der Waals surface area contributed by atoms with Crippen LogP contribution >= 0.6 is 11.3 Å². The molecule has 10 heteroatoms. The first-order chi connectivity index (χ1) is 17.2. The zero-order valence-corrected chi connectivity index (χ0v) is 20.3. The first-order valence-electron chi connectivity index (χ1n) is 12.3. The van der Waals surface area contributed by atoms with E-state index in [4.69, 9.17) is 5.10 Å². The van der Waals surface area contributed by atoms with Crippen LogP contribution in [0.2, 0.25) is 0 Å². The average Bonchev–Trinajstić information content (AvgIpc) is 3.70. The van der Waals surface area contributed by atoms with Gasteiger partial charge >= 0.3 is 0 Å². The SMILES string of the molecule is O=C(c1nn(Cc2ccncc2)c2c1CN(C(=O)C1CC(c3ccsc3)NN1)CC2)N1CCCC1. The monoisotopic (exact) mass is 491 g/mol. The molecule has 6 rings (SSSR count). The molecule has 0 saturated carbocycles. The summed E-state index contributed by atoms with van der Waals surface area (Å²) in [5.41, 5.74) is 11.2. The normalized spacial score (nSPS) is 21.9. The Morgan fingerprint density at radius 3 is 2.66 bits per heavy atom. The van der Waals surface area contributed by atoms with E-state index in [1.165, 1.54) is 5.56 Å². The van der Waals surface area contributed by atoms with E-state index in [-0.39, 0.29) is 23.9 Å². The van der Waals surface area contributed by atoms with Gasteiger partial charge in [-0.3, -0.25) is 19.3 Å². The fourth-order valence-electron chi connectivity index (χ4n) is 5.34. The first kappa shape index (κ1) is 22.4. The van der Waals surface area contributed by atoms with Crippen LogP contribution in [0.25, 0.3) is 0 Å². The van der Waals surface area contributed by atoms with Gasteiger partial charge in [-0.2, -0.15) is 16.4 Å². The number of carbonyl (C=O) groups excluding carboxylic acids is 2. The minimum atomic E-state index is -0.286. The third kappa shape index (κ3) is 4.37. The molecule has 3 aromatic heterocycles. The van der Waals surface area contributed by atoms with Crippen LogP contribution < -0.4 is 10.9 Å². The van der Waals surface area contributed by atoms with Crippen molar-refractivity contribution >= 4 is 23.2 Å². The van der Waals surface area contributed by atoms with Crippen LogP contribution in [-0.4, -0.2) is 62.1 Å². The summed E-state index contributed by atoms with van der Waals surface area (Å²) < 4.78 is 1.96. The summed E-state index contributed by atoms with van der Waals surface area (Å²) >= 11 is 1.66. The number of fused-ring (bicyclic) bond motifs is 1. The van der Waals surface area contributed by atoms with Crippen molar-refractivity contribution in [1.29, 1.82) is 0 Å². The Morgan fingerprint density at radius 1 is 1.06 bits per heavy atom. The lowest BCUT2D eigenvalue weighted by Crippen LogP contribution is -2.47. The summed E-state index contributed by atoms with van der Waals surface area (Å²) in [4.78, 5) is 34.8. The number of hydrogen-bond acceptors (Lipinski definition) is 7. The molecule has 182 valence electrons. The highest BCUT2D eigenvalue weighted by Crippen LogP contribution is 2.29.